The number of carbonyl (C=O) groups excluding carboxylic acids is 1. The van der Waals surface area contributed by atoms with Crippen LogP contribution in [0.3, 0.4) is 0 Å². The summed E-state index contributed by atoms with van der Waals surface area (Å²) in [4.78, 5) is 13.7. The van der Waals surface area contributed by atoms with Crippen molar-refractivity contribution in [3.8, 4) is 0 Å². The van der Waals surface area contributed by atoms with Crippen LogP contribution in [0.2, 0.25) is 0 Å². The molecule has 1 rings (SSSR count). The van der Waals surface area contributed by atoms with Gasteiger partial charge < -0.3 is 10.5 Å². The molecule has 0 amide bonds. The quantitative estimate of drug-likeness (QED) is 0.706. The third kappa shape index (κ3) is 4.04. The Bertz CT molecular complexity index is 297. The highest BCUT2D eigenvalue weighted by Crippen LogP contribution is 2.16. The highest BCUT2D eigenvalue weighted by atomic mass is 32.2. The lowest BCUT2D eigenvalue weighted by molar-refractivity contribution is -0.147. The van der Waals surface area contributed by atoms with Gasteiger partial charge in [-0.05, 0) is 20.3 Å². The molecule has 2 atom stereocenters. The molecule has 1 aliphatic heterocycles. The molecule has 1 saturated heterocycles. The number of methoxy groups -OCH3 is 1. The minimum absolute atomic E-state index is 0.196. The molecule has 5 nitrogen and oxygen atoms in total. The number of hydrogen-bond acceptors (Lipinski definition) is 5. The van der Waals surface area contributed by atoms with Gasteiger partial charge in [0.1, 0.15) is 5.54 Å². The molecule has 0 spiro atoms. The third-order valence-electron chi connectivity index (χ3n) is 3.21. The zero-order chi connectivity index (χ0) is 13.1. The lowest BCUT2D eigenvalue weighted by Gasteiger charge is -2.35. The minimum Gasteiger partial charge on any atom is -0.468 e. The molecule has 0 bridgehead atoms. The summed E-state index contributed by atoms with van der Waals surface area (Å²) in [6.07, 6.45) is 0.548. The van der Waals surface area contributed by atoms with Crippen LogP contribution in [-0.2, 0) is 20.3 Å². The smallest absolute Gasteiger partial charge is 0.325 e. The molecule has 0 aromatic rings. The first-order valence-electron chi connectivity index (χ1n) is 5.83. The normalized spacial score (nSPS) is 24.0. The van der Waals surface area contributed by atoms with E-state index in [1.807, 2.05) is 6.92 Å². The molecule has 100 valence electrons. The van der Waals surface area contributed by atoms with Crippen LogP contribution in [0.15, 0.2) is 0 Å². The van der Waals surface area contributed by atoms with E-state index in [0.29, 0.717) is 17.9 Å². The van der Waals surface area contributed by atoms with Crippen LogP contribution >= 0.6 is 0 Å². The molecular weight excluding hydrogens is 240 g/mol. The van der Waals surface area contributed by atoms with Crippen molar-refractivity contribution < 1.29 is 13.7 Å². The Morgan fingerprint density at radius 3 is 2.53 bits per heavy atom. The molecule has 6 heteroatoms. The maximum absolute atomic E-state index is 11.5. The average molecular weight is 262 g/mol. The van der Waals surface area contributed by atoms with Crippen LogP contribution in [0.5, 0.6) is 0 Å². The summed E-state index contributed by atoms with van der Waals surface area (Å²) in [5, 5.41) is 0. The molecule has 0 aromatic heterocycles. The zero-order valence-corrected chi connectivity index (χ0v) is 11.6. The lowest BCUT2D eigenvalue weighted by atomic mass is 9.94. The second-order valence-corrected chi connectivity index (χ2v) is 6.54. The van der Waals surface area contributed by atoms with E-state index in [1.54, 1.807) is 6.92 Å². The van der Waals surface area contributed by atoms with Gasteiger partial charge in [-0.1, -0.05) is 0 Å². The number of hydrogen-bond donors (Lipinski definition) is 1. The SMILES string of the molecule is COC(=O)C(C)(N)CC(C)N1CCS(=O)CC1. The van der Waals surface area contributed by atoms with E-state index in [4.69, 9.17) is 5.73 Å². The van der Waals surface area contributed by atoms with Gasteiger partial charge in [-0.15, -0.1) is 0 Å². The summed E-state index contributed by atoms with van der Waals surface area (Å²) in [5.41, 5.74) is 4.99. The fourth-order valence-corrected chi connectivity index (χ4v) is 3.23. The van der Waals surface area contributed by atoms with Crippen LogP contribution in [-0.4, -0.2) is 58.4 Å². The molecule has 1 heterocycles. The van der Waals surface area contributed by atoms with Gasteiger partial charge in [0.25, 0.3) is 0 Å². The van der Waals surface area contributed by atoms with Gasteiger partial charge in [-0.2, -0.15) is 0 Å². The second kappa shape index (κ2) is 5.93. The predicted molar refractivity (Wildman–Crippen MR) is 68.1 cm³/mol. The van der Waals surface area contributed by atoms with Crippen molar-refractivity contribution in [3.05, 3.63) is 0 Å². The number of esters is 1. The summed E-state index contributed by atoms with van der Waals surface area (Å²) in [6.45, 7) is 5.36. The number of nitrogens with two attached hydrogens (primary N) is 1. The lowest BCUT2D eigenvalue weighted by Crippen LogP contribution is -2.52. The molecule has 0 saturated carbocycles. The first-order valence-corrected chi connectivity index (χ1v) is 7.32. The van der Waals surface area contributed by atoms with Gasteiger partial charge in [0.05, 0.1) is 7.11 Å². The van der Waals surface area contributed by atoms with E-state index in [1.165, 1.54) is 7.11 Å². The number of carbonyl (C=O) groups is 1. The number of rotatable bonds is 4. The van der Waals surface area contributed by atoms with Crippen LogP contribution in [0, 0.1) is 0 Å². The first kappa shape index (κ1) is 14.6. The summed E-state index contributed by atoms with van der Waals surface area (Å²) in [5.74, 6) is 1.04. The zero-order valence-electron chi connectivity index (χ0n) is 10.8. The van der Waals surface area contributed by atoms with Crippen LogP contribution in [0.4, 0.5) is 0 Å². The molecule has 2 N–H and O–H groups in total. The van der Waals surface area contributed by atoms with E-state index in [-0.39, 0.29) is 12.0 Å². The van der Waals surface area contributed by atoms with Gasteiger partial charge in [-0.3, -0.25) is 13.9 Å². The Balaban J connectivity index is 2.51. The average Bonchev–Trinajstić information content (AvgIpc) is 2.28. The van der Waals surface area contributed by atoms with E-state index in [0.717, 1.165) is 13.1 Å². The van der Waals surface area contributed by atoms with Crippen LogP contribution in [0.1, 0.15) is 20.3 Å². The van der Waals surface area contributed by atoms with Crippen molar-refractivity contribution in [1.29, 1.82) is 0 Å². The molecule has 17 heavy (non-hydrogen) atoms. The summed E-state index contributed by atoms with van der Waals surface area (Å²) < 4.78 is 15.9. The molecule has 2 unspecified atom stereocenters. The van der Waals surface area contributed by atoms with Crippen molar-refractivity contribution in [3.63, 3.8) is 0 Å². The summed E-state index contributed by atoms with van der Waals surface area (Å²) in [6, 6.07) is 0.196. The molecule has 1 aliphatic rings. The monoisotopic (exact) mass is 262 g/mol. The number of nitrogens with zero attached hydrogens (tertiary/aromatic N) is 1. The van der Waals surface area contributed by atoms with Crippen molar-refractivity contribution in [2.45, 2.75) is 31.8 Å². The molecule has 0 radical (unpaired) electrons. The van der Waals surface area contributed by atoms with E-state index >= 15 is 0 Å². The Hall–Kier alpha value is -0.460. The van der Waals surface area contributed by atoms with E-state index in [9.17, 15) is 9.00 Å². The highest BCUT2D eigenvalue weighted by Gasteiger charge is 2.33. The van der Waals surface area contributed by atoms with Crippen molar-refractivity contribution in [1.82, 2.24) is 4.90 Å². The third-order valence-corrected chi connectivity index (χ3v) is 4.48. The number of ether oxygens (including phenoxy) is 1. The van der Waals surface area contributed by atoms with Gasteiger partial charge in [0.15, 0.2) is 0 Å². The maximum atomic E-state index is 11.5. The molecule has 1 fully saturated rings. The predicted octanol–water partition coefficient (Wildman–Crippen LogP) is -0.280. The molecular formula is C11H22N2O3S. The Labute approximate surface area is 105 Å². The van der Waals surface area contributed by atoms with Crippen molar-refractivity contribution in [2.24, 2.45) is 5.73 Å². The van der Waals surface area contributed by atoms with E-state index in [2.05, 4.69) is 9.64 Å². The van der Waals surface area contributed by atoms with Gasteiger partial charge in [-0.25, -0.2) is 0 Å². The Morgan fingerprint density at radius 2 is 2.06 bits per heavy atom. The summed E-state index contributed by atoms with van der Waals surface area (Å²) >= 11 is 0. The second-order valence-electron chi connectivity index (χ2n) is 4.85. The van der Waals surface area contributed by atoms with Gasteiger partial charge in [0.2, 0.25) is 0 Å². The van der Waals surface area contributed by atoms with Gasteiger partial charge >= 0.3 is 5.97 Å². The van der Waals surface area contributed by atoms with Gasteiger partial charge in [0, 0.05) is 41.4 Å². The van der Waals surface area contributed by atoms with Crippen LogP contribution < -0.4 is 5.73 Å². The first-order chi connectivity index (χ1) is 7.86. The Morgan fingerprint density at radius 1 is 1.53 bits per heavy atom. The standard InChI is InChI=1S/C11H22N2O3S/c1-9(8-11(2,12)10(14)16-3)13-4-6-17(15)7-5-13/h9H,4-8,12H2,1-3H3. The maximum Gasteiger partial charge on any atom is 0.325 e. The van der Waals surface area contributed by atoms with Crippen LogP contribution in [0.25, 0.3) is 0 Å². The largest absolute Gasteiger partial charge is 0.468 e. The van der Waals surface area contributed by atoms with Crippen molar-refractivity contribution in [2.75, 3.05) is 31.7 Å². The topological polar surface area (TPSA) is 72.6 Å². The fraction of sp³-hybridized carbons (Fsp3) is 0.909. The highest BCUT2D eigenvalue weighted by molar-refractivity contribution is 7.85. The molecule has 0 aromatic carbocycles. The molecule has 0 aliphatic carbocycles. The fourth-order valence-electron chi connectivity index (χ4n) is 2.15. The van der Waals surface area contributed by atoms with E-state index < -0.39 is 16.3 Å². The Kier molecular flexibility index (Phi) is 5.09. The minimum atomic E-state index is -0.954. The summed E-state index contributed by atoms with van der Waals surface area (Å²) in [7, 11) is 0.674. The van der Waals surface area contributed by atoms with Crippen molar-refractivity contribution >= 4 is 16.8 Å².